The third kappa shape index (κ3) is 6.36. The fourth-order valence-corrected chi connectivity index (χ4v) is 15.7. The molecule has 10 atom stereocenters. The van der Waals surface area contributed by atoms with Crippen molar-refractivity contribution in [1.82, 2.24) is 15.3 Å². The predicted octanol–water partition coefficient (Wildman–Crippen LogP) is 11.3. The molecule has 9 rings (SSSR count). The maximum atomic E-state index is 14.2. The quantitative estimate of drug-likeness (QED) is 0.137. The highest BCUT2D eigenvalue weighted by Crippen LogP contribution is 2.77. The number of aromatic amines is 1. The van der Waals surface area contributed by atoms with Crippen LogP contribution in [-0.2, 0) is 25.7 Å². The van der Waals surface area contributed by atoms with Gasteiger partial charge in [0.25, 0.3) is 0 Å². The number of carboxylic acid groups (broad SMARTS) is 1. The van der Waals surface area contributed by atoms with E-state index in [2.05, 4.69) is 89.1 Å². The van der Waals surface area contributed by atoms with Crippen LogP contribution < -0.4 is 5.32 Å². The second-order valence-corrected chi connectivity index (χ2v) is 23.0. The number of nitrogens with zero attached hydrogens (tertiary/aromatic N) is 1. The van der Waals surface area contributed by atoms with Crippen molar-refractivity contribution in [2.75, 3.05) is 6.54 Å². The van der Waals surface area contributed by atoms with Crippen molar-refractivity contribution in [3.05, 3.63) is 65.2 Å². The highest BCUT2D eigenvalue weighted by molar-refractivity contribution is 6.00. The minimum absolute atomic E-state index is 0.0699. The molecule has 5 fully saturated rings. The van der Waals surface area contributed by atoms with Gasteiger partial charge in [0.1, 0.15) is 11.9 Å². The van der Waals surface area contributed by atoms with Gasteiger partial charge in [-0.05, 0) is 139 Å². The third-order valence-corrected chi connectivity index (χ3v) is 19.3. The highest BCUT2D eigenvalue weighted by atomic mass is 16.5. The molecule has 0 unspecified atom stereocenters. The summed E-state index contributed by atoms with van der Waals surface area (Å²) in [6.07, 6.45) is 10.6. The number of aromatic nitrogens is 2. The Kier molecular flexibility index (Phi) is 10.2. The van der Waals surface area contributed by atoms with Crippen LogP contribution in [0.3, 0.4) is 0 Å². The molecule has 5 saturated carbocycles. The van der Waals surface area contributed by atoms with Crippen LogP contribution in [0.15, 0.2) is 59.7 Å². The number of hydrogen-bond donors (Lipinski definition) is 3. The van der Waals surface area contributed by atoms with Crippen LogP contribution in [0, 0.1) is 68.0 Å². The number of allylic oxidation sites excluding steroid dienone is 2. The first-order valence-corrected chi connectivity index (χ1v) is 23.7. The smallest absolute Gasteiger partial charge is 0.309 e. The number of rotatable bonds is 10. The molecule has 328 valence electrons. The van der Waals surface area contributed by atoms with Crippen LogP contribution in [-0.4, -0.2) is 45.4 Å². The van der Waals surface area contributed by atoms with E-state index < -0.39 is 17.3 Å². The first kappa shape index (κ1) is 42.5. The van der Waals surface area contributed by atoms with Crippen molar-refractivity contribution in [2.24, 2.45) is 68.0 Å². The van der Waals surface area contributed by atoms with Crippen molar-refractivity contribution in [3.8, 4) is 11.4 Å². The molecule has 3 aromatic rings. The molecule has 8 heteroatoms. The number of nitrogens with one attached hydrogen (secondary N) is 2. The maximum Gasteiger partial charge on any atom is 0.309 e. The number of carboxylic acids is 1. The summed E-state index contributed by atoms with van der Waals surface area (Å²) in [5.74, 6) is 1.03. The molecule has 0 saturated heterocycles. The maximum absolute atomic E-state index is 14.2. The van der Waals surface area contributed by atoms with E-state index in [1.807, 2.05) is 32.0 Å². The number of esters is 1. The molecule has 2 aromatic carbocycles. The number of hydrogen-bond acceptors (Lipinski definition) is 6. The number of aliphatic carboxylic acids is 1. The Labute approximate surface area is 363 Å². The Morgan fingerprint density at radius 1 is 0.869 bits per heavy atom. The van der Waals surface area contributed by atoms with E-state index in [0.29, 0.717) is 36.4 Å². The Hall–Kier alpha value is -3.78. The lowest BCUT2D eigenvalue weighted by Gasteiger charge is -2.72. The Morgan fingerprint density at radius 3 is 2.33 bits per heavy atom. The average molecular weight is 830 g/mol. The summed E-state index contributed by atoms with van der Waals surface area (Å²) >= 11 is 0. The zero-order valence-electron chi connectivity index (χ0n) is 38.4. The molecular formula is C53H71N3O5. The monoisotopic (exact) mass is 830 g/mol. The molecule has 3 N–H and O–H groups in total. The van der Waals surface area contributed by atoms with Crippen LogP contribution in [0.2, 0.25) is 0 Å². The van der Waals surface area contributed by atoms with Crippen LogP contribution in [0.25, 0.3) is 22.4 Å². The fraction of sp³-hybridized carbons (Fsp3) is 0.660. The summed E-state index contributed by atoms with van der Waals surface area (Å²) in [7, 11) is 0. The molecule has 6 aliphatic rings. The Balaban J connectivity index is 0.910. The number of H-pyrrole nitrogens is 1. The second-order valence-electron chi connectivity index (χ2n) is 23.0. The zero-order valence-corrected chi connectivity index (χ0v) is 38.4. The first-order chi connectivity index (χ1) is 28.8. The predicted molar refractivity (Wildman–Crippen MR) is 240 cm³/mol. The summed E-state index contributed by atoms with van der Waals surface area (Å²) in [6.45, 7) is 22.5. The molecule has 0 radical (unpaired) electrons. The largest absolute Gasteiger partial charge is 0.481 e. The number of ketones is 1. The van der Waals surface area contributed by atoms with Crippen LogP contribution >= 0.6 is 0 Å². The molecule has 0 bridgehead atoms. The van der Waals surface area contributed by atoms with Crippen molar-refractivity contribution in [1.29, 1.82) is 0 Å². The molecule has 0 amide bonds. The lowest BCUT2D eigenvalue weighted by atomic mass is 9.33. The SMILES string of the molecule is CC(C)C1=C2[C@H]3CC[C@@H]4[C@@]5(C)CC[C@H](OC(=O)[C@H]6C[C@@H](C(=O)O)C6(C)C)C(C)(C)[C@@H]5CC[C@@]4(C)[C@]3(C)CC[C@@]2(CCNCc2ccc3nc(-c4ccccc4)[nH]c3c2)CC1=O. The van der Waals surface area contributed by atoms with Gasteiger partial charge in [0.2, 0.25) is 0 Å². The number of benzene rings is 2. The van der Waals surface area contributed by atoms with Crippen molar-refractivity contribution >= 4 is 28.8 Å². The van der Waals surface area contributed by atoms with E-state index >= 15 is 0 Å². The number of ether oxygens (including phenoxy) is 1. The standard InChI is InChI=1S/C53H71N3O5/c1-31(2)43-39(57)29-53(25-26-54-30-32-15-17-37-38(27-32)56-45(55-37)33-13-11-10-12-14-33)24-23-51(8)34(44(43)53)16-18-41-50(7)21-20-42(49(5,6)40(50)19-22-52(41,51)9)61-47(60)36-28-35(46(58)59)48(36,3)4/h10-15,17,27,31,34-36,40-42,54H,16,18-26,28-30H2,1-9H3,(H,55,56)(H,58,59)/t34-,35+,36-,40+,41-,42+,50+,51-,52-,53-/m1/s1. The first-order valence-electron chi connectivity index (χ1n) is 23.7. The number of fused-ring (bicyclic) bond motifs is 8. The Bertz CT molecular complexity index is 2270. The summed E-state index contributed by atoms with van der Waals surface area (Å²) in [4.78, 5) is 48.1. The van der Waals surface area contributed by atoms with Crippen molar-refractivity contribution < 1.29 is 24.2 Å². The van der Waals surface area contributed by atoms with Gasteiger partial charge in [0, 0.05) is 29.4 Å². The summed E-state index contributed by atoms with van der Waals surface area (Å²) in [5, 5.41) is 13.5. The molecular weight excluding hydrogens is 759 g/mol. The second kappa shape index (κ2) is 14.6. The Morgan fingerprint density at radius 2 is 1.62 bits per heavy atom. The van der Waals surface area contributed by atoms with Gasteiger partial charge in [-0.2, -0.15) is 0 Å². The average Bonchev–Trinajstić information content (AvgIpc) is 3.76. The molecule has 0 spiro atoms. The van der Waals surface area contributed by atoms with Gasteiger partial charge in [0.05, 0.1) is 22.9 Å². The van der Waals surface area contributed by atoms with Gasteiger partial charge in [-0.15, -0.1) is 0 Å². The number of carbonyl (C=O) groups excluding carboxylic acids is 2. The number of imidazole rings is 1. The molecule has 6 aliphatic carbocycles. The molecule has 61 heavy (non-hydrogen) atoms. The lowest BCUT2D eigenvalue weighted by Crippen LogP contribution is -2.66. The highest BCUT2D eigenvalue weighted by Gasteiger charge is 2.70. The third-order valence-electron chi connectivity index (χ3n) is 19.3. The van der Waals surface area contributed by atoms with E-state index in [0.717, 1.165) is 92.5 Å². The minimum atomic E-state index is -0.817. The van der Waals surface area contributed by atoms with E-state index in [9.17, 15) is 19.5 Å². The normalized spacial score (nSPS) is 37.4. The number of Topliss-reactive ketones (excluding diaryl/α,β-unsaturated/α-hetero) is 1. The van der Waals surface area contributed by atoms with Crippen LogP contribution in [0.1, 0.15) is 139 Å². The number of carbonyl (C=O) groups is 3. The summed E-state index contributed by atoms with van der Waals surface area (Å²) in [5.41, 5.74) is 6.55. The van der Waals surface area contributed by atoms with E-state index in [1.54, 1.807) is 5.57 Å². The molecule has 1 heterocycles. The summed E-state index contributed by atoms with van der Waals surface area (Å²) in [6, 6.07) is 16.8. The van der Waals surface area contributed by atoms with E-state index in [1.165, 1.54) is 12.0 Å². The van der Waals surface area contributed by atoms with Gasteiger partial charge in [0.15, 0.2) is 5.78 Å². The van der Waals surface area contributed by atoms with Crippen molar-refractivity contribution in [3.63, 3.8) is 0 Å². The fourth-order valence-electron chi connectivity index (χ4n) is 15.7. The topological polar surface area (TPSA) is 121 Å². The lowest BCUT2D eigenvalue weighted by molar-refractivity contribution is -0.236. The van der Waals surface area contributed by atoms with E-state index in [4.69, 9.17) is 9.72 Å². The van der Waals surface area contributed by atoms with E-state index in [-0.39, 0.29) is 51.0 Å². The van der Waals surface area contributed by atoms with Gasteiger partial charge in [-0.25, -0.2) is 4.98 Å². The molecule has 1 aromatic heterocycles. The molecule has 0 aliphatic heterocycles. The van der Waals surface area contributed by atoms with Gasteiger partial charge < -0.3 is 20.1 Å². The summed E-state index contributed by atoms with van der Waals surface area (Å²) < 4.78 is 6.46. The minimum Gasteiger partial charge on any atom is -0.481 e. The van der Waals surface area contributed by atoms with Gasteiger partial charge >= 0.3 is 11.9 Å². The van der Waals surface area contributed by atoms with Crippen molar-refractivity contribution in [2.45, 2.75) is 146 Å². The zero-order chi connectivity index (χ0) is 43.5. The van der Waals surface area contributed by atoms with Crippen LogP contribution in [0.5, 0.6) is 0 Å². The van der Waals surface area contributed by atoms with Gasteiger partial charge in [-0.3, -0.25) is 14.4 Å². The van der Waals surface area contributed by atoms with Crippen LogP contribution in [0.4, 0.5) is 0 Å². The molecule has 8 nitrogen and oxygen atoms in total. The van der Waals surface area contributed by atoms with Gasteiger partial charge in [-0.1, -0.05) is 104 Å².